The van der Waals surface area contributed by atoms with Crippen LogP contribution in [0.3, 0.4) is 0 Å². The van der Waals surface area contributed by atoms with Crippen LogP contribution in [0.1, 0.15) is 5.69 Å². The molecule has 0 unspecified atom stereocenters. The van der Waals surface area contributed by atoms with E-state index in [1.807, 2.05) is 0 Å². The number of halogens is 3. The molecular formula is C20H17F3N2O5. The minimum atomic E-state index is -4.77. The number of hydrogen-bond donors (Lipinski definition) is 1. The van der Waals surface area contributed by atoms with Crippen molar-refractivity contribution in [3.63, 3.8) is 0 Å². The number of nitrogens with one attached hydrogen (secondary N) is 1. The molecule has 0 saturated heterocycles. The minimum Gasteiger partial charge on any atom is -0.493 e. The third-order valence-electron chi connectivity index (χ3n) is 3.94. The second-order valence-corrected chi connectivity index (χ2v) is 6.05. The van der Waals surface area contributed by atoms with Crippen LogP contribution < -0.4 is 19.5 Å². The summed E-state index contributed by atoms with van der Waals surface area (Å²) in [7, 11) is 3.04. The van der Waals surface area contributed by atoms with Gasteiger partial charge in [-0.1, -0.05) is 5.16 Å². The molecule has 3 aromatic rings. The Morgan fingerprint density at radius 2 is 1.73 bits per heavy atom. The molecule has 0 radical (unpaired) electrons. The number of carbonyl (C=O) groups excluding carboxylic acids is 1. The Bertz CT molecular complexity index is 1020. The fourth-order valence-electron chi connectivity index (χ4n) is 2.63. The van der Waals surface area contributed by atoms with Crippen molar-refractivity contribution in [1.29, 1.82) is 0 Å². The van der Waals surface area contributed by atoms with E-state index in [2.05, 4.69) is 15.2 Å². The first-order valence-electron chi connectivity index (χ1n) is 8.61. The van der Waals surface area contributed by atoms with Crippen molar-refractivity contribution in [2.45, 2.75) is 12.8 Å². The van der Waals surface area contributed by atoms with E-state index in [-0.39, 0.29) is 12.2 Å². The predicted octanol–water partition coefficient (Wildman–Crippen LogP) is 4.44. The van der Waals surface area contributed by atoms with Gasteiger partial charge in [-0.2, -0.15) is 0 Å². The topological polar surface area (TPSA) is 82.8 Å². The third-order valence-corrected chi connectivity index (χ3v) is 3.94. The summed E-state index contributed by atoms with van der Waals surface area (Å²) in [5.41, 5.74) is 1.39. The molecule has 0 saturated carbocycles. The van der Waals surface area contributed by atoms with Gasteiger partial charge in [-0.15, -0.1) is 13.2 Å². The normalized spacial score (nSPS) is 11.1. The zero-order valence-electron chi connectivity index (χ0n) is 15.9. The maximum absolute atomic E-state index is 12.2. The van der Waals surface area contributed by atoms with Gasteiger partial charge in [0.15, 0.2) is 17.3 Å². The Labute approximate surface area is 169 Å². The Morgan fingerprint density at radius 1 is 1.03 bits per heavy atom. The van der Waals surface area contributed by atoms with Crippen LogP contribution in [0.25, 0.3) is 11.3 Å². The van der Waals surface area contributed by atoms with Gasteiger partial charge in [-0.25, -0.2) is 0 Å². The number of aromatic nitrogens is 1. The monoisotopic (exact) mass is 422 g/mol. The molecule has 0 fully saturated rings. The average molecular weight is 422 g/mol. The van der Waals surface area contributed by atoms with E-state index in [4.69, 9.17) is 14.0 Å². The third kappa shape index (κ3) is 5.43. The van der Waals surface area contributed by atoms with E-state index in [0.717, 1.165) is 12.1 Å². The van der Waals surface area contributed by atoms with Crippen molar-refractivity contribution in [1.82, 2.24) is 5.16 Å². The molecule has 0 bridgehead atoms. The first-order chi connectivity index (χ1) is 14.3. The fourth-order valence-corrected chi connectivity index (χ4v) is 2.63. The number of amides is 1. The maximum atomic E-state index is 12.2. The number of carbonyl (C=O) groups is 1. The Balaban J connectivity index is 1.62. The van der Waals surface area contributed by atoms with Gasteiger partial charge in [-0.05, 0) is 42.5 Å². The molecule has 0 spiro atoms. The molecule has 2 aromatic carbocycles. The summed E-state index contributed by atoms with van der Waals surface area (Å²) in [5, 5.41) is 6.44. The fraction of sp³-hybridized carbons (Fsp3) is 0.200. The van der Waals surface area contributed by atoms with Gasteiger partial charge in [0.05, 0.1) is 26.3 Å². The SMILES string of the molecule is COc1ccc(-c2cc(CC(=O)Nc3ccc(OC(F)(F)F)cc3)no2)cc1OC. The second-order valence-electron chi connectivity index (χ2n) is 6.05. The van der Waals surface area contributed by atoms with Crippen molar-refractivity contribution in [3.8, 4) is 28.6 Å². The van der Waals surface area contributed by atoms with E-state index in [1.165, 1.54) is 26.4 Å². The smallest absolute Gasteiger partial charge is 0.493 e. The lowest BCUT2D eigenvalue weighted by Gasteiger charge is -2.09. The van der Waals surface area contributed by atoms with Crippen molar-refractivity contribution < 1.29 is 36.7 Å². The van der Waals surface area contributed by atoms with E-state index >= 15 is 0 Å². The molecule has 158 valence electrons. The lowest BCUT2D eigenvalue weighted by atomic mass is 10.1. The lowest BCUT2D eigenvalue weighted by molar-refractivity contribution is -0.274. The first kappa shape index (κ1) is 21.0. The number of alkyl halides is 3. The summed E-state index contributed by atoms with van der Waals surface area (Å²) in [6.45, 7) is 0. The molecule has 0 atom stereocenters. The summed E-state index contributed by atoms with van der Waals surface area (Å²) in [6.07, 6.45) is -4.86. The quantitative estimate of drug-likeness (QED) is 0.606. The van der Waals surface area contributed by atoms with Gasteiger partial charge in [-0.3, -0.25) is 4.79 Å². The number of benzene rings is 2. The highest BCUT2D eigenvalue weighted by Gasteiger charge is 2.31. The van der Waals surface area contributed by atoms with Crippen LogP contribution in [-0.4, -0.2) is 31.6 Å². The summed E-state index contributed by atoms with van der Waals surface area (Å²) >= 11 is 0. The van der Waals surface area contributed by atoms with Crippen molar-refractivity contribution >= 4 is 11.6 Å². The van der Waals surface area contributed by atoms with Gasteiger partial charge < -0.3 is 24.1 Å². The zero-order chi connectivity index (χ0) is 21.7. The molecular weight excluding hydrogens is 405 g/mol. The van der Waals surface area contributed by atoms with E-state index in [0.29, 0.717) is 34.2 Å². The van der Waals surface area contributed by atoms with Crippen LogP contribution in [0.2, 0.25) is 0 Å². The summed E-state index contributed by atoms with van der Waals surface area (Å²) < 4.78 is 56.0. The van der Waals surface area contributed by atoms with Gasteiger partial charge in [0, 0.05) is 17.3 Å². The van der Waals surface area contributed by atoms with Gasteiger partial charge in [0.25, 0.3) is 0 Å². The maximum Gasteiger partial charge on any atom is 0.573 e. The Morgan fingerprint density at radius 3 is 2.37 bits per heavy atom. The molecule has 10 heteroatoms. The van der Waals surface area contributed by atoms with Crippen LogP contribution in [0.4, 0.5) is 18.9 Å². The van der Waals surface area contributed by atoms with E-state index < -0.39 is 12.3 Å². The van der Waals surface area contributed by atoms with E-state index in [9.17, 15) is 18.0 Å². The summed E-state index contributed by atoms with van der Waals surface area (Å²) in [4.78, 5) is 12.2. The van der Waals surface area contributed by atoms with Crippen LogP contribution in [0.15, 0.2) is 53.1 Å². The molecule has 1 aromatic heterocycles. The predicted molar refractivity (Wildman–Crippen MR) is 101 cm³/mol. The second kappa shape index (κ2) is 8.76. The van der Waals surface area contributed by atoms with Gasteiger partial charge >= 0.3 is 6.36 Å². The largest absolute Gasteiger partial charge is 0.573 e. The average Bonchev–Trinajstić information content (AvgIpc) is 3.16. The molecule has 1 heterocycles. The molecule has 1 amide bonds. The minimum absolute atomic E-state index is 0.0857. The van der Waals surface area contributed by atoms with Crippen LogP contribution >= 0.6 is 0 Å². The highest BCUT2D eigenvalue weighted by Crippen LogP contribution is 2.32. The number of anilines is 1. The lowest BCUT2D eigenvalue weighted by Crippen LogP contribution is -2.17. The standard InChI is InChI=1S/C20H17F3N2O5/c1-27-16-8-3-12(9-18(16)28-2)17-10-14(25-30-17)11-19(26)24-13-4-6-15(7-5-13)29-20(21,22)23/h3-10H,11H2,1-2H3,(H,24,26). The molecule has 1 N–H and O–H groups in total. The summed E-state index contributed by atoms with van der Waals surface area (Å²) in [6, 6.07) is 11.6. The van der Waals surface area contributed by atoms with Crippen LogP contribution in [-0.2, 0) is 11.2 Å². The Kier molecular flexibility index (Phi) is 6.14. The molecule has 3 rings (SSSR count). The highest BCUT2D eigenvalue weighted by atomic mass is 19.4. The number of hydrogen-bond acceptors (Lipinski definition) is 6. The zero-order valence-corrected chi connectivity index (χ0v) is 15.9. The van der Waals surface area contributed by atoms with Gasteiger partial charge in [0.1, 0.15) is 5.75 Å². The molecule has 30 heavy (non-hydrogen) atoms. The number of methoxy groups -OCH3 is 2. The number of rotatable bonds is 7. The summed E-state index contributed by atoms with van der Waals surface area (Å²) in [5.74, 6) is 0.728. The number of nitrogens with zero attached hydrogens (tertiary/aromatic N) is 1. The highest BCUT2D eigenvalue weighted by molar-refractivity contribution is 5.92. The van der Waals surface area contributed by atoms with Crippen LogP contribution in [0, 0.1) is 0 Å². The van der Waals surface area contributed by atoms with Crippen molar-refractivity contribution in [3.05, 3.63) is 54.2 Å². The van der Waals surface area contributed by atoms with Gasteiger partial charge in [0.2, 0.25) is 5.91 Å². The molecule has 0 aliphatic heterocycles. The van der Waals surface area contributed by atoms with Crippen LogP contribution in [0.5, 0.6) is 17.2 Å². The number of ether oxygens (including phenoxy) is 3. The Hall–Kier alpha value is -3.69. The first-order valence-corrected chi connectivity index (χ1v) is 8.61. The van der Waals surface area contributed by atoms with E-state index in [1.54, 1.807) is 24.3 Å². The van der Waals surface area contributed by atoms with Crippen molar-refractivity contribution in [2.24, 2.45) is 0 Å². The molecule has 0 aliphatic rings. The molecule has 7 nitrogen and oxygen atoms in total. The molecule has 0 aliphatic carbocycles. The van der Waals surface area contributed by atoms with Crippen molar-refractivity contribution in [2.75, 3.05) is 19.5 Å².